The first-order chi connectivity index (χ1) is 11.6. The van der Waals surface area contributed by atoms with Crippen molar-refractivity contribution in [2.45, 2.75) is 4.90 Å². The van der Waals surface area contributed by atoms with Gasteiger partial charge in [-0.1, -0.05) is 6.07 Å². The molecule has 0 atom stereocenters. The van der Waals surface area contributed by atoms with Crippen molar-refractivity contribution < 1.29 is 22.5 Å². The van der Waals surface area contributed by atoms with Crippen molar-refractivity contribution >= 4 is 27.3 Å². The molecule has 25 heavy (non-hydrogen) atoms. The Morgan fingerprint density at radius 2 is 1.88 bits per heavy atom. The normalized spacial score (nSPS) is 11.4. The largest absolute Gasteiger partial charge is 0.322 e. The van der Waals surface area contributed by atoms with E-state index in [1.165, 1.54) is 38.4 Å². The number of nitrogens with one attached hydrogen (secondary N) is 1. The third-order valence-electron chi connectivity index (χ3n) is 3.28. The van der Waals surface area contributed by atoms with Crippen molar-refractivity contribution in [1.82, 2.24) is 4.31 Å². The second-order valence-corrected chi connectivity index (χ2v) is 7.34. The van der Waals surface area contributed by atoms with Gasteiger partial charge >= 0.3 is 5.69 Å². The van der Waals surface area contributed by atoms with Crippen LogP contribution in [0.15, 0.2) is 47.4 Å². The summed E-state index contributed by atoms with van der Waals surface area (Å²) in [6.07, 6.45) is 0. The lowest BCUT2D eigenvalue weighted by molar-refractivity contribution is -0.387. The minimum Gasteiger partial charge on any atom is -0.322 e. The average molecular weight is 367 g/mol. The van der Waals surface area contributed by atoms with Crippen molar-refractivity contribution in [1.29, 1.82) is 0 Å². The van der Waals surface area contributed by atoms with Crippen LogP contribution in [-0.2, 0) is 10.0 Å². The molecule has 0 radical (unpaired) electrons. The molecule has 1 N–H and O–H groups in total. The lowest BCUT2D eigenvalue weighted by Gasteiger charge is -2.12. The van der Waals surface area contributed by atoms with E-state index < -0.39 is 32.4 Å². The van der Waals surface area contributed by atoms with E-state index in [0.717, 1.165) is 22.5 Å². The quantitative estimate of drug-likeness (QED) is 0.644. The first kappa shape index (κ1) is 18.5. The number of hydrogen-bond donors (Lipinski definition) is 1. The van der Waals surface area contributed by atoms with E-state index in [1.807, 2.05) is 0 Å². The van der Waals surface area contributed by atoms with Gasteiger partial charge in [-0.15, -0.1) is 0 Å². The molecule has 0 spiro atoms. The van der Waals surface area contributed by atoms with Gasteiger partial charge in [0.2, 0.25) is 15.8 Å². The number of benzene rings is 2. The van der Waals surface area contributed by atoms with Crippen LogP contribution in [0, 0.1) is 15.9 Å². The summed E-state index contributed by atoms with van der Waals surface area (Å²) in [6, 6.07) is 8.26. The summed E-state index contributed by atoms with van der Waals surface area (Å²) < 4.78 is 38.5. The number of anilines is 1. The summed E-state index contributed by atoms with van der Waals surface area (Å²) in [4.78, 5) is 22.0. The number of nitrogens with zero attached hydrogens (tertiary/aromatic N) is 2. The molecule has 2 aromatic carbocycles. The van der Waals surface area contributed by atoms with Gasteiger partial charge in [-0.3, -0.25) is 14.9 Å². The predicted octanol–water partition coefficient (Wildman–Crippen LogP) is 2.24. The van der Waals surface area contributed by atoms with Gasteiger partial charge in [-0.05, 0) is 30.3 Å². The number of nitro groups is 1. The van der Waals surface area contributed by atoms with Crippen molar-refractivity contribution in [3.63, 3.8) is 0 Å². The number of hydrogen-bond acceptors (Lipinski definition) is 5. The Bertz CT molecular complexity index is 944. The monoisotopic (exact) mass is 367 g/mol. The van der Waals surface area contributed by atoms with Crippen LogP contribution in [0.5, 0.6) is 0 Å². The Morgan fingerprint density at radius 3 is 2.48 bits per heavy atom. The van der Waals surface area contributed by atoms with Crippen molar-refractivity contribution in [3.8, 4) is 0 Å². The minimum absolute atomic E-state index is 0.0274. The highest BCUT2D eigenvalue weighted by Gasteiger charge is 2.19. The van der Waals surface area contributed by atoms with Gasteiger partial charge in [-0.2, -0.15) is 4.39 Å². The molecule has 2 rings (SSSR count). The molecule has 0 unspecified atom stereocenters. The number of carbonyl (C=O) groups excluding carboxylic acids is 1. The zero-order valence-corrected chi connectivity index (χ0v) is 14.1. The van der Waals surface area contributed by atoms with E-state index in [1.54, 1.807) is 0 Å². The molecule has 2 aromatic rings. The van der Waals surface area contributed by atoms with E-state index >= 15 is 0 Å². The summed E-state index contributed by atoms with van der Waals surface area (Å²) >= 11 is 0. The number of halogens is 1. The smallest absolute Gasteiger partial charge is 0.305 e. The molecule has 0 bridgehead atoms. The SMILES string of the molecule is CN(C)S(=O)(=O)c1cccc(NC(=O)c2ccc(F)c([N+](=O)[O-])c2)c1. The molecule has 0 aliphatic rings. The summed E-state index contributed by atoms with van der Waals surface area (Å²) in [6.45, 7) is 0. The molecule has 10 heteroatoms. The zero-order valence-electron chi connectivity index (χ0n) is 13.3. The molecule has 0 aromatic heterocycles. The molecule has 1 amide bonds. The zero-order chi connectivity index (χ0) is 18.8. The Balaban J connectivity index is 2.30. The van der Waals surface area contributed by atoms with Gasteiger partial charge in [-0.25, -0.2) is 12.7 Å². The Morgan fingerprint density at radius 1 is 1.20 bits per heavy atom. The standard InChI is InChI=1S/C15H14FN3O5S/c1-18(2)25(23,24)12-5-3-4-11(9-12)17-15(20)10-6-7-13(16)14(8-10)19(21)22/h3-9H,1-2H3,(H,17,20). The second-order valence-electron chi connectivity index (χ2n) is 5.19. The van der Waals surface area contributed by atoms with Gasteiger partial charge in [0.1, 0.15) is 0 Å². The highest BCUT2D eigenvalue weighted by atomic mass is 32.2. The fourth-order valence-electron chi connectivity index (χ4n) is 1.94. The van der Waals surface area contributed by atoms with Gasteiger partial charge in [0.25, 0.3) is 5.91 Å². The molecular formula is C15H14FN3O5S. The number of sulfonamides is 1. The van der Waals surface area contributed by atoms with E-state index in [2.05, 4.69) is 5.32 Å². The van der Waals surface area contributed by atoms with Crippen molar-refractivity contribution in [2.75, 3.05) is 19.4 Å². The maximum Gasteiger partial charge on any atom is 0.305 e. The number of amides is 1. The van der Waals surface area contributed by atoms with Gasteiger partial charge < -0.3 is 5.32 Å². The van der Waals surface area contributed by atoms with E-state index in [0.29, 0.717) is 0 Å². The molecular weight excluding hydrogens is 353 g/mol. The molecule has 8 nitrogen and oxygen atoms in total. The molecule has 0 saturated carbocycles. The fraction of sp³-hybridized carbons (Fsp3) is 0.133. The van der Waals surface area contributed by atoms with Crippen molar-refractivity contribution in [3.05, 3.63) is 64.0 Å². The van der Waals surface area contributed by atoms with Crippen LogP contribution in [0.1, 0.15) is 10.4 Å². The number of rotatable bonds is 5. The topological polar surface area (TPSA) is 110 Å². The maximum atomic E-state index is 13.3. The van der Waals surface area contributed by atoms with Crippen molar-refractivity contribution in [2.24, 2.45) is 0 Å². The molecule has 132 valence electrons. The lowest BCUT2D eigenvalue weighted by Crippen LogP contribution is -2.22. The number of nitro benzene ring substituents is 1. The summed E-state index contributed by atoms with van der Waals surface area (Å²) in [5.74, 6) is -1.79. The van der Waals surface area contributed by atoms with Crippen LogP contribution in [0.4, 0.5) is 15.8 Å². The van der Waals surface area contributed by atoms with Crippen LogP contribution in [0.3, 0.4) is 0 Å². The number of carbonyl (C=O) groups is 1. The van der Waals surface area contributed by atoms with Crippen LogP contribution in [-0.4, -0.2) is 37.6 Å². The van der Waals surface area contributed by atoms with E-state index in [-0.39, 0.29) is 16.1 Å². The maximum absolute atomic E-state index is 13.3. The second kappa shape index (κ2) is 6.95. The Kier molecular flexibility index (Phi) is 5.14. The molecule has 0 aliphatic heterocycles. The lowest BCUT2D eigenvalue weighted by atomic mass is 10.1. The predicted molar refractivity (Wildman–Crippen MR) is 88.3 cm³/mol. The Hall–Kier alpha value is -2.85. The molecule has 0 aliphatic carbocycles. The first-order valence-corrected chi connectivity index (χ1v) is 8.35. The Labute approximate surface area is 143 Å². The fourth-order valence-corrected chi connectivity index (χ4v) is 2.89. The van der Waals surface area contributed by atoms with E-state index in [4.69, 9.17) is 0 Å². The van der Waals surface area contributed by atoms with Crippen LogP contribution in [0.2, 0.25) is 0 Å². The van der Waals surface area contributed by atoms with E-state index in [9.17, 15) is 27.7 Å². The third kappa shape index (κ3) is 3.98. The van der Waals surface area contributed by atoms with Crippen LogP contribution < -0.4 is 5.32 Å². The highest BCUT2D eigenvalue weighted by molar-refractivity contribution is 7.89. The summed E-state index contributed by atoms with van der Waals surface area (Å²) in [5.41, 5.74) is -0.773. The van der Waals surface area contributed by atoms with Gasteiger partial charge in [0, 0.05) is 31.4 Å². The highest BCUT2D eigenvalue weighted by Crippen LogP contribution is 2.21. The van der Waals surface area contributed by atoms with Gasteiger partial charge in [0.15, 0.2) is 0 Å². The molecule has 0 saturated heterocycles. The van der Waals surface area contributed by atoms with Gasteiger partial charge in [0.05, 0.1) is 9.82 Å². The van der Waals surface area contributed by atoms with Crippen LogP contribution >= 0.6 is 0 Å². The summed E-state index contributed by atoms with van der Waals surface area (Å²) in [7, 11) is -0.934. The first-order valence-electron chi connectivity index (χ1n) is 6.91. The molecule has 0 heterocycles. The average Bonchev–Trinajstić information content (AvgIpc) is 2.55. The third-order valence-corrected chi connectivity index (χ3v) is 5.09. The minimum atomic E-state index is -3.68. The summed E-state index contributed by atoms with van der Waals surface area (Å²) in [5, 5.41) is 13.2. The molecule has 0 fully saturated rings. The van der Waals surface area contributed by atoms with Crippen LogP contribution in [0.25, 0.3) is 0 Å².